The third kappa shape index (κ3) is 3.51. The first-order chi connectivity index (χ1) is 11.6. The fraction of sp³-hybridized carbons (Fsp3) is 0.294. The lowest BCUT2D eigenvalue weighted by Crippen LogP contribution is -2.33. The summed E-state index contributed by atoms with van der Waals surface area (Å²) < 4.78 is 14.6. The Labute approximate surface area is 152 Å². The molecule has 2 aromatic rings. The van der Waals surface area contributed by atoms with Gasteiger partial charge in [0.15, 0.2) is 0 Å². The Balaban J connectivity index is 1.88. The molecule has 2 heterocycles. The van der Waals surface area contributed by atoms with E-state index in [0.29, 0.717) is 17.0 Å². The topological polar surface area (TPSA) is 56.1 Å². The predicted molar refractivity (Wildman–Crippen MR) is 95.5 cm³/mol. The van der Waals surface area contributed by atoms with Gasteiger partial charge in [-0.05, 0) is 52.7 Å². The molecular weight excluding hydrogens is 393 g/mol. The summed E-state index contributed by atoms with van der Waals surface area (Å²) in [5.74, 6) is -0.552. The van der Waals surface area contributed by atoms with Crippen LogP contribution in [0.1, 0.15) is 21.7 Å². The fourth-order valence-electron chi connectivity index (χ4n) is 2.65. The SMILES string of the molecule is N#Cc1ccc(-c2cc(C(=O)N3CCCNCC3)sc2Br)cc1F. The molecule has 1 aromatic carbocycles. The van der Waals surface area contributed by atoms with E-state index in [1.165, 1.54) is 23.5 Å². The molecule has 124 valence electrons. The van der Waals surface area contributed by atoms with Crippen molar-refractivity contribution in [2.24, 2.45) is 0 Å². The van der Waals surface area contributed by atoms with Crippen molar-refractivity contribution in [2.45, 2.75) is 6.42 Å². The normalized spacial score (nSPS) is 15.0. The van der Waals surface area contributed by atoms with Crippen LogP contribution in [0.5, 0.6) is 0 Å². The van der Waals surface area contributed by atoms with E-state index in [2.05, 4.69) is 21.2 Å². The Bertz CT molecular complexity index is 807. The highest BCUT2D eigenvalue weighted by molar-refractivity contribution is 9.11. The maximum Gasteiger partial charge on any atom is 0.264 e. The maximum atomic E-state index is 13.9. The number of benzene rings is 1. The minimum absolute atomic E-state index is 0.00441. The average molecular weight is 408 g/mol. The minimum atomic E-state index is -0.556. The third-order valence-electron chi connectivity index (χ3n) is 3.93. The summed E-state index contributed by atoms with van der Waals surface area (Å²) in [6.45, 7) is 3.15. The second kappa shape index (κ2) is 7.43. The first-order valence-electron chi connectivity index (χ1n) is 7.59. The van der Waals surface area contributed by atoms with Crippen molar-refractivity contribution >= 4 is 33.2 Å². The first-order valence-corrected chi connectivity index (χ1v) is 9.20. The average Bonchev–Trinajstić information content (AvgIpc) is 2.79. The highest BCUT2D eigenvalue weighted by Crippen LogP contribution is 2.37. The molecule has 0 spiro atoms. The van der Waals surface area contributed by atoms with Gasteiger partial charge in [0.25, 0.3) is 5.91 Å². The fourth-order valence-corrected chi connectivity index (χ4v) is 4.39. The molecule has 0 atom stereocenters. The quantitative estimate of drug-likeness (QED) is 0.826. The number of carbonyl (C=O) groups excluding carboxylic acids is 1. The van der Waals surface area contributed by atoms with Crippen molar-refractivity contribution in [2.75, 3.05) is 26.2 Å². The van der Waals surface area contributed by atoms with E-state index < -0.39 is 5.82 Å². The summed E-state index contributed by atoms with van der Waals surface area (Å²) in [5.41, 5.74) is 1.42. The van der Waals surface area contributed by atoms with Gasteiger partial charge in [-0.25, -0.2) is 4.39 Å². The monoisotopic (exact) mass is 407 g/mol. The van der Waals surface area contributed by atoms with Crippen LogP contribution >= 0.6 is 27.3 Å². The van der Waals surface area contributed by atoms with Crippen LogP contribution in [0.3, 0.4) is 0 Å². The zero-order valence-electron chi connectivity index (χ0n) is 12.8. The largest absolute Gasteiger partial charge is 0.337 e. The van der Waals surface area contributed by atoms with E-state index in [0.717, 1.165) is 35.4 Å². The minimum Gasteiger partial charge on any atom is -0.337 e. The Morgan fingerprint density at radius 1 is 1.33 bits per heavy atom. The number of thiophene rings is 1. The smallest absolute Gasteiger partial charge is 0.264 e. The molecule has 0 saturated carbocycles. The van der Waals surface area contributed by atoms with Gasteiger partial charge >= 0.3 is 0 Å². The van der Waals surface area contributed by atoms with Crippen molar-refractivity contribution in [1.29, 1.82) is 5.26 Å². The molecule has 1 saturated heterocycles. The maximum absolute atomic E-state index is 13.9. The van der Waals surface area contributed by atoms with Crippen molar-refractivity contribution in [3.05, 3.63) is 44.3 Å². The summed E-state index contributed by atoms with van der Waals surface area (Å²) in [4.78, 5) is 15.2. The number of rotatable bonds is 2. The number of nitrogens with one attached hydrogen (secondary N) is 1. The zero-order valence-corrected chi connectivity index (χ0v) is 15.2. The summed E-state index contributed by atoms with van der Waals surface area (Å²) >= 11 is 4.82. The van der Waals surface area contributed by atoms with Gasteiger partial charge in [0.1, 0.15) is 11.9 Å². The molecule has 1 N–H and O–H groups in total. The van der Waals surface area contributed by atoms with E-state index in [1.807, 2.05) is 11.0 Å². The van der Waals surface area contributed by atoms with Crippen LogP contribution in [0.2, 0.25) is 0 Å². The Kier molecular flexibility index (Phi) is 5.29. The van der Waals surface area contributed by atoms with Crippen LogP contribution in [0.25, 0.3) is 11.1 Å². The number of amides is 1. The molecule has 0 bridgehead atoms. The van der Waals surface area contributed by atoms with E-state index in [4.69, 9.17) is 5.26 Å². The van der Waals surface area contributed by atoms with Gasteiger partial charge in [0, 0.05) is 25.2 Å². The van der Waals surface area contributed by atoms with Crippen molar-refractivity contribution in [3.63, 3.8) is 0 Å². The van der Waals surface area contributed by atoms with Crippen LogP contribution in [0, 0.1) is 17.1 Å². The Hall–Kier alpha value is -1.75. The molecule has 1 amide bonds. The number of carbonyl (C=O) groups is 1. The Morgan fingerprint density at radius 2 is 2.17 bits per heavy atom. The van der Waals surface area contributed by atoms with Crippen LogP contribution < -0.4 is 5.32 Å². The van der Waals surface area contributed by atoms with Crippen molar-refractivity contribution in [1.82, 2.24) is 10.2 Å². The van der Waals surface area contributed by atoms with E-state index >= 15 is 0 Å². The second-order valence-electron chi connectivity index (χ2n) is 5.50. The van der Waals surface area contributed by atoms with Crippen LogP contribution in [0.15, 0.2) is 28.1 Å². The molecule has 1 aliphatic rings. The number of hydrogen-bond donors (Lipinski definition) is 1. The molecule has 1 fully saturated rings. The summed E-state index contributed by atoms with van der Waals surface area (Å²) in [7, 11) is 0. The van der Waals surface area contributed by atoms with Gasteiger partial charge in [0.2, 0.25) is 0 Å². The summed E-state index contributed by atoms with van der Waals surface area (Å²) in [5, 5.41) is 12.1. The number of nitriles is 1. The van der Waals surface area contributed by atoms with E-state index in [-0.39, 0.29) is 11.5 Å². The highest BCUT2D eigenvalue weighted by atomic mass is 79.9. The molecule has 0 unspecified atom stereocenters. The van der Waals surface area contributed by atoms with Crippen molar-refractivity contribution < 1.29 is 9.18 Å². The van der Waals surface area contributed by atoms with E-state index in [9.17, 15) is 9.18 Å². The molecule has 0 aliphatic carbocycles. The molecule has 1 aliphatic heterocycles. The lowest BCUT2D eigenvalue weighted by Gasteiger charge is -2.18. The van der Waals surface area contributed by atoms with Gasteiger partial charge in [-0.3, -0.25) is 4.79 Å². The third-order valence-corrected chi connectivity index (χ3v) is 5.75. The summed E-state index contributed by atoms with van der Waals surface area (Å²) in [6, 6.07) is 8.07. The van der Waals surface area contributed by atoms with E-state index in [1.54, 1.807) is 12.1 Å². The van der Waals surface area contributed by atoms with Gasteiger partial charge in [-0.15, -0.1) is 11.3 Å². The highest BCUT2D eigenvalue weighted by Gasteiger charge is 2.21. The number of nitrogens with zero attached hydrogens (tertiary/aromatic N) is 2. The molecule has 1 aromatic heterocycles. The van der Waals surface area contributed by atoms with Gasteiger partial charge in [0.05, 0.1) is 14.2 Å². The number of halogens is 2. The van der Waals surface area contributed by atoms with Crippen molar-refractivity contribution in [3.8, 4) is 17.2 Å². The molecule has 0 radical (unpaired) electrons. The van der Waals surface area contributed by atoms with Gasteiger partial charge < -0.3 is 10.2 Å². The number of hydrogen-bond acceptors (Lipinski definition) is 4. The molecule has 4 nitrogen and oxygen atoms in total. The second-order valence-corrected chi connectivity index (χ2v) is 7.87. The van der Waals surface area contributed by atoms with Crippen LogP contribution in [-0.4, -0.2) is 37.0 Å². The van der Waals surface area contributed by atoms with Gasteiger partial charge in [-0.2, -0.15) is 5.26 Å². The zero-order chi connectivity index (χ0) is 17.1. The molecule has 3 rings (SSSR count). The lowest BCUT2D eigenvalue weighted by molar-refractivity contribution is 0.0771. The molecular formula is C17H15BrFN3OS. The standard InChI is InChI=1S/C17H15BrFN3OS/c18-16-13(11-2-3-12(10-20)14(19)8-11)9-15(24-16)17(23)22-6-1-4-21-5-7-22/h2-3,8-9,21H,1,4-7H2. The lowest BCUT2D eigenvalue weighted by atomic mass is 10.1. The van der Waals surface area contributed by atoms with Gasteiger partial charge in [-0.1, -0.05) is 6.07 Å². The first kappa shape index (κ1) is 17.1. The molecule has 7 heteroatoms. The Morgan fingerprint density at radius 3 is 2.92 bits per heavy atom. The predicted octanol–water partition coefficient (Wildman–Crippen LogP) is 3.62. The van der Waals surface area contributed by atoms with Crippen LogP contribution in [-0.2, 0) is 0 Å². The van der Waals surface area contributed by atoms with Crippen LogP contribution in [0.4, 0.5) is 4.39 Å². The summed E-state index contributed by atoms with van der Waals surface area (Å²) in [6.07, 6.45) is 0.936. The molecule has 24 heavy (non-hydrogen) atoms.